The minimum Gasteiger partial charge on any atom is -0.470 e. The number of benzene rings is 1. The van der Waals surface area contributed by atoms with Gasteiger partial charge in [-0.2, -0.15) is 0 Å². The van der Waals surface area contributed by atoms with Crippen molar-refractivity contribution in [3.05, 3.63) is 28.8 Å². The predicted molar refractivity (Wildman–Crippen MR) is 71.1 cm³/mol. The molecule has 1 aromatic rings. The van der Waals surface area contributed by atoms with Crippen molar-refractivity contribution in [2.24, 2.45) is 5.73 Å². The van der Waals surface area contributed by atoms with Gasteiger partial charge in [-0.25, -0.2) is 4.79 Å². The first kappa shape index (κ1) is 15.2. The molecule has 0 bridgehead atoms. The Hall–Kier alpha value is -1.82. The van der Waals surface area contributed by atoms with Crippen molar-refractivity contribution >= 4 is 19.7 Å². The van der Waals surface area contributed by atoms with Crippen LogP contribution in [0.15, 0.2) is 12.1 Å². The summed E-state index contributed by atoms with van der Waals surface area (Å²) in [5, 5.41) is 0. The zero-order valence-electron chi connectivity index (χ0n) is 11.2. The van der Waals surface area contributed by atoms with E-state index in [2.05, 4.69) is 0 Å². The Balaban J connectivity index is 2.91. The van der Waals surface area contributed by atoms with E-state index >= 15 is 0 Å². The summed E-state index contributed by atoms with van der Waals surface area (Å²) < 4.78 is 9.93. The molecule has 1 rings (SSSR count). The highest BCUT2D eigenvalue weighted by molar-refractivity contribution is 6.55. The SMILES string of the molecule is [B]C(=O)OCc1cc(C)c(OC(=O)C(C)N)c(C)c1. The first-order valence-corrected chi connectivity index (χ1v) is 5.81. The number of carbonyl (C=O) groups excluding carboxylic acids is 2. The minimum atomic E-state index is -0.831. The zero-order chi connectivity index (χ0) is 14.6. The van der Waals surface area contributed by atoms with Crippen molar-refractivity contribution in [2.45, 2.75) is 33.4 Å². The maximum Gasteiger partial charge on any atom is 0.328 e. The lowest BCUT2D eigenvalue weighted by atomic mass is 10.1. The van der Waals surface area contributed by atoms with E-state index < -0.39 is 17.9 Å². The van der Waals surface area contributed by atoms with E-state index in [1.54, 1.807) is 32.9 Å². The molecule has 0 aromatic heterocycles. The van der Waals surface area contributed by atoms with Crippen LogP contribution in [0, 0.1) is 13.8 Å². The van der Waals surface area contributed by atoms with Crippen LogP contribution in [0.2, 0.25) is 0 Å². The fourth-order valence-electron chi connectivity index (χ4n) is 1.63. The van der Waals surface area contributed by atoms with E-state index in [0.29, 0.717) is 5.75 Å². The lowest BCUT2D eigenvalue weighted by molar-refractivity contribution is -0.135. The quantitative estimate of drug-likeness (QED) is 0.503. The molecule has 1 unspecified atom stereocenters. The van der Waals surface area contributed by atoms with Gasteiger partial charge in [0.05, 0.1) is 0 Å². The van der Waals surface area contributed by atoms with E-state index in [1.165, 1.54) is 0 Å². The third kappa shape index (κ3) is 4.41. The first-order valence-electron chi connectivity index (χ1n) is 5.81. The van der Waals surface area contributed by atoms with Gasteiger partial charge in [0.25, 0.3) is 0 Å². The molecule has 2 radical (unpaired) electrons. The largest absolute Gasteiger partial charge is 0.470 e. The third-order valence-electron chi connectivity index (χ3n) is 2.48. The van der Waals surface area contributed by atoms with Crippen LogP contribution in [0.5, 0.6) is 5.75 Å². The van der Waals surface area contributed by atoms with Gasteiger partial charge in [0, 0.05) is 0 Å². The summed E-state index contributed by atoms with van der Waals surface area (Å²) in [5.74, 6) is -0.847. The first-order chi connectivity index (χ1) is 8.81. The molecule has 0 aliphatic rings. The maximum atomic E-state index is 11.5. The van der Waals surface area contributed by atoms with E-state index in [-0.39, 0.29) is 6.61 Å². The maximum absolute atomic E-state index is 11.5. The lowest BCUT2D eigenvalue weighted by Gasteiger charge is -2.14. The Bertz CT molecular complexity index is 476. The Morgan fingerprint density at radius 1 is 1.32 bits per heavy atom. The smallest absolute Gasteiger partial charge is 0.328 e. The van der Waals surface area contributed by atoms with Gasteiger partial charge in [-0.1, -0.05) is 0 Å². The molecular weight excluding hydrogens is 245 g/mol. The van der Waals surface area contributed by atoms with Crippen LogP contribution in [-0.4, -0.2) is 25.7 Å². The summed E-state index contributed by atoms with van der Waals surface area (Å²) in [4.78, 5) is 22.0. The van der Waals surface area contributed by atoms with Crippen LogP contribution < -0.4 is 10.5 Å². The molecule has 0 fully saturated rings. The number of ether oxygens (including phenoxy) is 2. The van der Waals surface area contributed by atoms with E-state index in [0.717, 1.165) is 16.7 Å². The summed E-state index contributed by atoms with van der Waals surface area (Å²) in [5.41, 5.74) is 7.74. The third-order valence-corrected chi connectivity index (χ3v) is 2.48. The fourth-order valence-corrected chi connectivity index (χ4v) is 1.63. The van der Waals surface area contributed by atoms with E-state index in [4.69, 9.17) is 23.1 Å². The van der Waals surface area contributed by atoms with Crippen molar-refractivity contribution in [2.75, 3.05) is 0 Å². The number of hydrogen-bond donors (Lipinski definition) is 1. The average Bonchev–Trinajstić information content (AvgIpc) is 2.30. The van der Waals surface area contributed by atoms with Gasteiger partial charge >= 0.3 is 5.97 Å². The monoisotopic (exact) mass is 261 g/mol. The molecule has 2 N–H and O–H groups in total. The van der Waals surface area contributed by atoms with Gasteiger partial charge in [-0.3, -0.25) is 4.79 Å². The van der Waals surface area contributed by atoms with Gasteiger partial charge in [0.2, 0.25) is 13.7 Å². The van der Waals surface area contributed by atoms with Crippen molar-refractivity contribution in [1.29, 1.82) is 0 Å². The van der Waals surface area contributed by atoms with E-state index in [1.807, 2.05) is 0 Å². The molecule has 0 aliphatic carbocycles. The summed E-state index contributed by atoms with van der Waals surface area (Å²) in [7, 11) is 4.90. The molecule has 6 heteroatoms. The molecule has 1 aromatic carbocycles. The predicted octanol–water partition coefficient (Wildman–Crippen LogP) is 1.36. The molecule has 19 heavy (non-hydrogen) atoms. The van der Waals surface area contributed by atoms with Crippen LogP contribution in [0.4, 0.5) is 4.79 Å². The standard InChI is InChI=1S/C13H16BNO4/c1-7-4-10(6-18-13(14)17)5-8(2)11(7)19-12(16)9(3)15/h4-5,9H,6,15H2,1-3H3. The van der Waals surface area contributed by atoms with Crippen LogP contribution in [0.3, 0.4) is 0 Å². The van der Waals surface area contributed by atoms with E-state index in [9.17, 15) is 9.59 Å². The fraction of sp³-hybridized carbons (Fsp3) is 0.385. The molecule has 0 saturated heterocycles. The normalized spacial score (nSPS) is 11.8. The second-order valence-corrected chi connectivity index (χ2v) is 4.38. The topological polar surface area (TPSA) is 78.6 Å². The van der Waals surface area contributed by atoms with Gasteiger partial charge in [-0.05, 0) is 49.6 Å². The highest BCUT2D eigenvalue weighted by Gasteiger charge is 2.14. The highest BCUT2D eigenvalue weighted by atomic mass is 16.5. The van der Waals surface area contributed by atoms with Gasteiger partial charge < -0.3 is 15.2 Å². The number of esters is 1. The Labute approximate surface area is 113 Å². The molecule has 0 saturated carbocycles. The molecule has 0 amide bonds. The summed E-state index contributed by atoms with van der Waals surface area (Å²) in [6.07, 6.45) is 0. The van der Waals surface area contributed by atoms with Crippen LogP contribution in [0.25, 0.3) is 0 Å². The number of nitrogens with two attached hydrogens (primary N) is 1. The van der Waals surface area contributed by atoms with Gasteiger partial charge in [0.15, 0.2) is 0 Å². The lowest BCUT2D eigenvalue weighted by Crippen LogP contribution is -2.31. The van der Waals surface area contributed by atoms with Crippen molar-refractivity contribution in [3.8, 4) is 5.75 Å². The highest BCUT2D eigenvalue weighted by Crippen LogP contribution is 2.25. The summed E-state index contributed by atoms with van der Waals surface area (Å²) >= 11 is 0. The minimum absolute atomic E-state index is 0.0819. The molecule has 5 nitrogen and oxygen atoms in total. The van der Waals surface area contributed by atoms with Crippen LogP contribution >= 0.6 is 0 Å². The van der Waals surface area contributed by atoms with Crippen molar-refractivity contribution in [3.63, 3.8) is 0 Å². The van der Waals surface area contributed by atoms with Crippen LogP contribution in [0.1, 0.15) is 23.6 Å². The summed E-state index contributed by atoms with van der Waals surface area (Å²) in [6, 6.07) is 2.84. The molecule has 1 atom stereocenters. The van der Waals surface area contributed by atoms with Crippen molar-refractivity contribution < 1.29 is 19.1 Å². The van der Waals surface area contributed by atoms with Gasteiger partial charge in [0.1, 0.15) is 18.4 Å². The second-order valence-electron chi connectivity index (χ2n) is 4.38. The number of rotatable bonds is 4. The number of hydrogen-bond acceptors (Lipinski definition) is 5. The summed E-state index contributed by atoms with van der Waals surface area (Å²) in [6.45, 7) is 5.23. The zero-order valence-corrected chi connectivity index (χ0v) is 11.2. The Morgan fingerprint density at radius 2 is 1.84 bits per heavy atom. The number of carbonyl (C=O) groups is 2. The second kappa shape index (κ2) is 6.38. The Kier molecular flexibility index (Phi) is 5.12. The Morgan fingerprint density at radius 3 is 2.26 bits per heavy atom. The molecule has 0 heterocycles. The molecule has 100 valence electrons. The molecule has 0 aliphatic heterocycles. The average molecular weight is 261 g/mol. The van der Waals surface area contributed by atoms with Crippen LogP contribution in [-0.2, 0) is 16.1 Å². The molecule has 0 spiro atoms. The van der Waals surface area contributed by atoms with Crippen molar-refractivity contribution in [1.82, 2.24) is 0 Å². The van der Waals surface area contributed by atoms with Gasteiger partial charge in [-0.15, -0.1) is 0 Å². The number of aryl methyl sites for hydroxylation is 2. The molecular formula is C13H16BNO4.